The molecule has 3 rings (SSSR count). The number of sulfone groups is 1. The summed E-state index contributed by atoms with van der Waals surface area (Å²) in [6.07, 6.45) is 4.04. The Hall–Kier alpha value is -2.88. The molecule has 2 aromatic heterocycles. The summed E-state index contributed by atoms with van der Waals surface area (Å²) < 4.78 is 34.7. The van der Waals surface area contributed by atoms with Crippen LogP contribution in [0.5, 0.6) is 5.88 Å². The van der Waals surface area contributed by atoms with E-state index in [9.17, 15) is 13.2 Å². The minimum Gasteiger partial charge on any atom is -0.474 e. The second-order valence-corrected chi connectivity index (χ2v) is 11.2. The van der Waals surface area contributed by atoms with Crippen LogP contribution in [0.1, 0.15) is 44.9 Å². The minimum atomic E-state index is -3.33. The molecule has 1 aliphatic heterocycles. The lowest BCUT2D eigenvalue weighted by Gasteiger charge is -2.33. The third kappa shape index (κ3) is 7.31. The van der Waals surface area contributed by atoms with E-state index < -0.39 is 15.4 Å². The number of pyridine rings is 2. The second kappa shape index (κ2) is 9.94. The molecule has 1 N–H and O–H groups in total. The van der Waals surface area contributed by atoms with E-state index >= 15 is 0 Å². The Balaban J connectivity index is 1.48. The number of aryl methyl sites for hydroxylation is 1. The highest BCUT2D eigenvalue weighted by Crippen LogP contribution is 2.21. The van der Waals surface area contributed by atoms with Crippen LogP contribution in [-0.4, -0.2) is 60.4 Å². The van der Waals surface area contributed by atoms with Gasteiger partial charge < -0.3 is 19.7 Å². The molecule has 0 unspecified atom stereocenters. The molecule has 0 aliphatic carbocycles. The third-order valence-corrected chi connectivity index (χ3v) is 6.09. The van der Waals surface area contributed by atoms with Crippen LogP contribution in [0.2, 0.25) is 0 Å². The summed E-state index contributed by atoms with van der Waals surface area (Å²) in [5.74, 6) is 0.546. The monoisotopic (exact) mass is 476 g/mol. The summed E-state index contributed by atoms with van der Waals surface area (Å²) in [7, 11) is -3.33. The van der Waals surface area contributed by atoms with Crippen LogP contribution in [0.3, 0.4) is 0 Å². The summed E-state index contributed by atoms with van der Waals surface area (Å²) in [5, 5.41) is 3.31. The fourth-order valence-electron chi connectivity index (χ4n) is 3.37. The van der Waals surface area contributed by atoms with Crippen molar-refractivity contribution in [2.45, 2.75) is 63.8 Å². The molecule has 9 nitrogen and oxygen atoms in total. The summed E-state index contributed by atoms with van der Waals surface area (Å²) in [6, 6.07) is 6.97. The lowest BCUT2D eigenvalue weighted by atomic mass is 10.1. The molecule has 180 valence electrons. The van der Waals surface area contributed by atoms with E-state index in [0.29, 0.717) is 31.2 Å². The number of amides is 1. The number of nitrogens with zero attached hydrogens (tertiary/aromatic N) is 3. The van der Waals surface area contributed by atoms with Gasteiger partial charge in [0.2, 0.25) is 5.88 Å². The van der Waals surface area contributed by atoms with Crippen molar-refractivity contribution in [1.82, 2.24) is 14.9 Å². The van der Waals surface area contributed by atoms with Gasteiger partial charge in [0.05, 0.1) is 11.4 Å². The van der Waals surface area contributed by atoms with E-state index in [1.54, 1.807) is 24.1 Å². The van der Waals surface area contributed by atoms with Crippen molar-refractivity contribution in [1.29, 1.82) is 0 Å². The molecule has 0 radical (unpaired) electrons. The molecule has 10 heteroatoms. The maximum atomic E-state index is 12.2. The molecule has 1 saturated heterocycles. The van der Waals surface area contributed by atoms with Crippen molar-refractivity contribution in [3.05, 3.63) is 41.7 Å². The number of nitrogens with one attached hydrogen (secondary N) is 1. The van der Waals surface area contributed by atoms with Gasteiger partial charge in [-0.25, -0.2) is 23.2 Å². The molecule has 33 heavy (non-hydrogen) atoms. The molecule has 1 aliphatic rings. The number of hydrogen-bond acceptors (Lipinski definition) is 8. The average Bonchev–Trinajstić information content (AvgIpc) is 2.72. The number of anilines is 1. The predicted molar refractivity (Wildman–Crippen MR) is 125 cm³/mol. The number of rotatable bonds is 6. The first-order valence-corrected chi connectivity index (χ1v) is 12.8. The van der Waals surface area contributed by atoms with Crippen molar-refractivity contribution in [2.75, 3.05) is 24.7 Å². The standard InChI is InChI=1S/C23H32N4O5S/c1-16-19(7-9-21(26-16)33(5,29)30)24-14-17-6-8-20(25-15-17)31-18-10-12-27(13-11-18)22(28)32-23(2,3)4/h6-9,15,18,24H,10-14H2,1-5H3. The van der Waals surface area contributed by atoms with E-state index in [2.05, 4.69) is 15.3 Å². The van der Waals surface area contributed by atoms with Gasteiger partial charge in [0.15, 0.2) is 14.9 Å². The Bertz CT molecular complexity index is 1070. The predicted octanol–water partition coefficient (Wildman–Crippen LogP) is 3.58. The summed E-state index contributed by atoms with van der Waals surface area (Å²) >= 11 is 0. The van der Waals surface area contributed by atoms with Crippen LogP contribution >= 0.6 is 0 Å². The van der Waals surface area contributed by atoms with Crippen molar-refractivity contribution in [3.8, 4) is 5.88 Å². The topological polar surface area (TPSA) is 111 Å². The fourth-order valence-corrected chi connectivity index (χ4v) is 3.99. The summed E-state index contributed by atoms with van der Waals surface area (Å²) in [5.41, 5.74) is 1.83. The largest absolute Gasteiger partial charge is 0.474 e. The van der Waals surface area contributed by atoms with Gasteiger partial charge in [-0.3, -0.25) is 0 Å². The third-order valence-electron chi connectivity index (χ3n) is 5.10. The van der Waals surface area contributed by atoms with Crippen LogP contribution in [0.25, 0.3) is 0 Å². The van der Waals surface area contributed by atoms with Gasteiger partial charge in [-0.15, -0.1) is 0 Å². The van der Waals surface area contributed by atoms with Crippen LogP contribution in [-0.2, 0) is 21.1 Å². The molecule has 0 spiro atoms. The highest BCUT2D eigenvalue weighted by molar-refractivity contribution is 7.90. The van der Waals surface area contributed by atoms with Crippen LogP contribution in [0.15, 0.2) is 35.5 Å². The maximum Gasteiger partial charge on any atom is 0.410 e. The molecule has 0 saturated carbocycles. The Morgan fingerprint density at radius 1 is 1.18 bits per heavy atom. The normalized spacial score (nSPS) is 15.2. The smallest absolute Gasteiger partial charge is 0.410 e. The Labute approximate surface area is 195 Å². The first-order valence-electron chi connectivity index (χ1n) is 10.9. The van der Waals surface area contributed by atoms with Crippen LogP contribution < -0.4 is 10.1 Å². The molecule has 0 aromatic carbocycles. The molecule has 0 bridgehead atoms. The van der Waals surface area contributed by atoms with E-state index in [0.717, 1.165) is 30.3 Å². The second-order valence-electron chi connectivity index (χ2n) is 9.20. The number of carbonyl (C=O) groups excluding carboxylic acids is 1. The van der Waals surface area contributed by atoms with E-state index in [1.165, 1.54) is 6.07 Å². The molecule has 2 aromatic rings. The molecular formula is C23H32N4O5S. The molecule has 1 fully saturated rings. The van der Waals surface area contributed by atoms with Crippen molar-refractivity contribution >= 4 is 21.6 Å². The summed E-state index contributed by atoms with van der Waals surface area (Å²) in [6.45, 7) is 9.04. The first-order chi connectivity index (χ1) is 15.4. The molecule has 1 amide bonds. The zero-order chi connectivity index (χ0) is 24.2. The zero-order valence-corrected chi connectivity index (χ0v) is 20.6. The SMILES string of the molecule is Cc1nc(S(C)(=O)=O)ccc1NCc1ccc(OC2CCN(C(=O)OC(C)(C)C)CC2)nc1. The first kappa shape index (κ1) is 24.8. The highest BCUT2D eigenvalue weighted by Gasteiger charge is 2.27. The molecule has 3 heterocycles. The Kier molecular flexibility index (Phi) is 7.46. The van der Waals surface area contributed by atoms with Gasteiger partial charge in [-0.05, 0) is 45.4 Å². The van der Waals surface area contributed by atoms with Gasteiger partial charge >= 0.3 is 6.09 Å². The van der Waals surface area contributed by atoms with Gasteiger partial charge in [-0.2, -0.15) is 0 Å². The number of aromatic nitrogens is 2. The van der Waals surface area contributed by atoms with E-state index in [1.807, 2.05) is 32.9 Å². The lowest BCUT2D eigenvalue weighted by Crippen LogP contribution is -2.44. The maximum absolute atomic E-state index is 12.2. The molecular weight excluding hydrogens is 444 g/mol. The fraction of sp³-hybridized carbons (Fsp3) is 0.522. The molecule has 0 atom stereocenters. The number of carbonyl (C=O) groups is 1. The summed E-state index contributed by atoms with van der Waals surface area (Å²) in [4.78, 5) is 22.4. The number of ether oxygens (including phenoxy) is 2. The Morgan fingerprint density at radius 3 is 2.42 bits per heavy atom. The van der Waals surface area contributed by atoms with Crippen LogP contribution in [0.4, 0.5) is 10.5 Å². The van der Waals surface area contributed by atoms with E-state index in [-0.39, 0.29) is 17.2 Å². The minimum absolute atomic E-state index is 0.00208. The van der Waals surface area contributed by atoms with E-state index in [4.69, 9.17) is 9.47 Å². The zero-order valence-electron chi connectivity index (χ0n) is 19.8. The lowest BCUT2D eigenvalue weighted by molar-refractivity contribution is 0.0123. The van der Waals surface area contributed by atoms with Gasteiger partial charge in [0.1, 0.15) is 11.7 Å². The highest BCUT2D eigenvalue weighted by atomic mass is 32.2. The Morgan fingerprint density at radius 2 is 1.88 bits per heavy atom. The van der Waals surface area contributed by atoms with Gasteiger partial charge in [0, 0.05) is 51.0 Å². The van der Waals surface area contributed by atoms with Crippen LogP contribution in [0, 0.1) is 6.92 Å². The van der Waals surface area contributed by atoms with Gasteiger partial charge in [-0.1, -0.05) is 6.07 Å². The van der Waals surface area contributed by atoms with Crippen molar-refractivity contribution in [2.24, 2.45) is 0 Å². The van der Waals surface area contributed by atoms with Gasteiger partial charge in [0.25, 0.3) is 0 Å². The number of piperidine rings is 1. The quantitative estimate of drug-likeness (QED) is 0.674. The van der Waals surface area contributed by atoms with Crippen molar-refractivity contribution in [3.63, 3.8) is 0 Å². The average molecular weight is 477 g/mol. The van der Waals surface area contributed by atoms with Crippen molar-refractivity contribution < 1.29 is 22.7 Å². The number of likely N-dealkylation sites (tertiary alicyclic amines) is 1. The number of hydrogen-bond donors (Lipinski definition) is 1.